The van der Waals surface area contributed by atoms with Gasteiger partial charge in [0.25, 0.3) is 5.91 Å². The molecule has 0 unspecified atom stereocenters. The van der Waals surface area contributed by atoms with E-state index in [1.165, 1.54) is 6.07 Å². The second-order valence-corrected chi connectivity index (χ2v) is 11.8. The summed E-state index contributed by atoms with van der Waals surface area (Å²) in [6.07, 6.45) is -12.4. The van der Waals surface area contributed by atoms with Crippen molar-refractivity contribution in [3.8, 4) is 0 Å². The molecule has 0 aliphatic heterocycles. The maximum Gasteiger partial charge on any atom is 0.419 e. The van der Waals surface area contributed by atoms with Crippen LogP contribution in [-0.2, 0) is 15.8 Å². The van der Waals surface area contributed by atoms with Crippen molar-refractivity contribution in [3.05, 3.63) is 87.7 Å². The molecule has 0 saturated heterocycles. The summed E-state index contributed by atoms with van der Waals surface area (Å²) in [5, 5.41) is 5.91. The van der Waals surface area contributed by atoms with Crippen molar-refractivity contribution in [2.45, 2.75) is 35.4 Å². The van der Waals surface area contributed by atoms with Crippen LogP contribution in [0.5, 0.6) is 0 Å². The minimum absolute atomic E-state index is 0.0957. The molecule has 0 aromatic heterocycles. The van der Waals surface area contributed by atoms with Gasteiger partial charge in [0.15, 0.2) is 5.82 Å². The van der Waals surface area contributed by atoms with Crippen molar-refractivity contribution in [3.63, 3.8) is 0 Å². The van der Waals surface area contributed by atoms with E-state index in [2.05, 4.69) is 10.6 Å². The van der Waals surface area contributed by atoms with Crippen LogP contribution in [0.3, 0.4) is 0 Å². The number of anilines is 3. The zero-order valence-electron chi connectivity index (χ0n) is 22.4. The van der Waals surface area contributed by atoms with E-state index in [4.69, 9.17) is 34.8 Å². The maximum atomic E-state index is 15.0. The molecule has 0 spiro atoms. The zero-order valence-corrected chi connectivity index (χ0v) is 24.7. The number of hydrogen-bond acceptors (Lipinski definition) is 3. The first-order valence-electron chi connectivity index (χ1n) is 12.7. The highest BCUT2D eigenvalue weighted by molar-refractivity contribution is 6.53. The molecule has 2 atom stereocenters. The van der Waals surface area contributed by atoms with Gasteiger partial charge in [0, 0.05) is 18.0 Å². The fourth-order valence-corrected chi connectivity index (χ4v) is 5.46. The maximum absolute atomic E-state index is 15.0. The lowest BCUT2D eigenvalue weighted by Crippen LogP contribution is -2.20. The van der Waals surface area contributed by atoms with Crippen LogP contribution in [0, 0.1) is 23.4 Å². The van der Waals surface area contributed by atoms with Crippen LogP contribution in [0.2, 0.25) is 5.02 Å². The van der Waals surface area contributed by atoms with E-state index in [1.807, 2.05) is 0 Å². The number of alkyl halides is 8. The largest absolute Gasteiger partial charge is 0.419 e. The van der Waals surface area contributed by atoms with Crippen LogP contribution in [0.25, 0.3) is 0 Å². The minimum atomic E-state index is -5.03. The van der Waals surface area contributed by atoms with Crippen LogP contribution in [-0.4, -0.2) is 28.2 Å². The molecule has 3 aromatic rings. The molecule has 1 aliphatic carbocycles. The fourth-order valence-electron chi connectivity index (χ4n) is 4.43. The van der Waals surface area contributed by atoms with Gasteiger partial charge < -0.3 is 16.0 Å². The Balaban J connectivity index is 1.49. The predicted molar refractivity (Wildman–Crippen MR) is 150 cm³/mol. The molecule has 1 aliphatic rings. The van der Waals surface area contributed by atoms with Gasteiger partial charge in [0.05, 0.1) is 34.2 Å². The molecule has 3 amide bonds. The lowest BCUT2D eigenvalue weighted by atomic mass is 10.0. The molecule has 18 heteroatoms. The van der Waals surface area contributed by atoms with Crippen molar-refractivity contribution in [2.24, 2.45) is 5.92 Å². The van der Waals surface area contributed by atoms with Crippen molar-refractivity contribution in [2.75, 3.05) is 16.0 Å². The molecule has 46 heavy (non-hydrogen) atoms. The first kappa shape index (κ1) is 35.2. The molecular formula is C28H17Cl3F9N3O3. The number of carbonyl (C=O) groups excluding carboxylic acids is 3. The van der Waals surface area contributed by atoms with Crippen LogP contribution >= 0.6 is 34.8 Å². The first-order chi connectivity index (χ1) is 21.2. The van der Waals surface area contributed by atoms with Gasteiger partial charge in [0.1, 0.15) is 21.7 Å². The Morgan fingerprint density at radius 1 is 0.826 bits per heavy atom. The molecule has 4 rings (SSSR count). The average Bonchev–Trinajstić information content (AvgIpc) is 3.53. The van der Waals surface area contributed by atoms with Gasteiger partial charge in [-0.1, -0.05) is 17.7 Å². The third kappa shape index (κ3) is 7.81. The summed E-state index contributed by atoms with van der Waals surface area (Å²) in [6.45, 7) is 0. The lowest BCUT2D eigenvalue weighted by molar-refractivity contribution is -0.142. The molecule has 3 aromatic carbocycles. The first-order valence-corrected chi connectivity index (χ1v) is 13.8. The van der Waals surface area contributed by atoms with E-state index in [1.54, 1.807) is 5.32 Å². The van der Waals surface area contributed by atoms with Gasteiger partial charge >= 0.3 is 12.4 Å². The van der Waals surface area contributed by atoms with E-state index < -0.39 is 93.5 Å². The Kier molecular flexibility index (Phi) is 9.82. The smallest absolute Gasteiger partial charge is 0.326 e. The number of nitrogens with one attached hydrogen (secondary N) is 3. The third-order valence-corrected chi connectivity index (χ3v) is 7.98. The van der Waals surface area contributed by atoms with Gasteiger partial charge in [-0.15, -0.1) is 23.2 Å². The van der Waals surface area contributed by atoms with Crippen molar-refractivity contribution in [1.82, 2.24) is 0 Å². The molecule has 0 heterocycles. The molecular weight excluding hydrogens is 704 g/mol. The Labute approximate surface area is 268 Å². The van der Waals surface area contributed by atoms with Crippen molar-refractivity contribution in [1.29, 1.82) is 0 Å². The summed E-state index contributed by atoms with van der Waals surface area (Å²) in [5.74, 6) is -10.2. The Bertz CT molecular complexity index is 1720. The molecule has 3 N–H and O–H groups in total. The highest BCUT2D eigenvalue weighted by Crippen LogP contribution is 2.65. The van der Waals surface area contributed by atoms with Gasteiger partial charge in [-0.2, -0.15) is 26.3 Å². The molecule has 1 fully saturated rings. The molecule has 1 saturated carbocycles. The predicted octanol–water partition coefficient (Wildman–Crippen LogP) is 8.84. The average molecular weight is 721 g/mol. The summed E-state index contributed by atoms with van der Waals surface area (Å²) in [7, 11) is 0. The van der Waals surface area contributed by atoms with Crippen LogP contribution in [0.4, 0.5) is 56.6 Å². The minimum Gasteiger partial charge on any atom is -0.326 e. The third-order valence-electron chi connectivity index (χ3n) is 6.71. The normalized spacial score (nSPS) is 17.3. The quantitative estimate of drug-likeness (QED) is 0.161. The Morgan fingerprint density at radius 2 is 1.48 bits per heavy atom. The molecule has 246 valence electrons. The number of carbonyl (C=O) groups is 3. The van der Waals surface area contributed by atoms with Gasteiger partial charge in [0.2, 0.25) is 11.8 Å². The van der Waals surface area contributed by atoms with E-state index >= 15 is 0 Å². The molecule has 0 radical (unpaired) electrons. The summed E-state index contributed by atoms with van der Waals surface area (Å²) in [5.41, 5.74) is -4.03. The fraction of sp³-hybridized carbons (Fsp3) is 0.250. The molecule has 0 bridgehead atoms. The topological polar surface area (TPSA) is 87.3 Å². The lowest BCUT2D eigenvalue weighted by Gasteiger charge is -2.14. The van der Waals surface area contributed by atoms with Crippen molar-refractivity contribution >= 4 is 69.6 Å². The number of benzene rings is 3. The standard InChI is InChI=1S/C28H17Cl3F9N3O3/c29-15-3-2-12(41-25(46)21-20(27(21,30)31)11-1-4-16(32)14(9-11)28(38,39)40)10-13(15)24(45)42-18-6-5-17(33)23(22(18)34)43-19(44)7-8-26(35,36)37/h1-6,9-10,20-21H,7-8H2,(H,41,46)(H,42,45)(H,43,44)/t20-,21+/m0/s1. The Morgan fingerprint density at radius 3 is 2.11 bits per heavy atom. The van der Waals surface area contributed by atoms with Gasteiger partial charge in [-0.25, -0.2) is 13.2 Å². The van der Waals surface area contributed by atoms with Crippen LogP contribution in [0.15, 0.2) is 48.5 Å². The highest BCUT2D eigenvalue weighted by Gasteiger charge is 2.67. The summed E-state index contributed by atoms with van der Waals surface area (Å²) < 4.78 is 118. The van der Waals surface area contributed by atoms with E-state index in [0.717, 1.165) is 24.3 Å². The number of hydrogen-bond donors (Lipinski definition) is 3. The van der Waals surface area contributed by atoms with Gasteiger partial charge in [-0.3, -0.25) is 14.4 Å². The summed E-state index contributed by atoms with van der Waals surface area (Å²) >= 11 is 18.4. The SMILES string of the molecule is O=C(CCC(F)(F)F)Nc1c(F)ccc(NC(=O)c2cc(NC(=O)[C@H]3[C@H](c4ccc(F)c(C(F)(F)F)c4)C3(Cl)Cl)ccc2Cl)c1F. The summed E-state index contributed by atoms with van der Waals surface area (Å²) in [4.78, 5) is 37.7. The van der Waals surface area contributed by atoms with E-state index in [0.29, 0.717) is 18.2 Å². The number of rotatable bonds is 8. The van der Waals surface area contributed by atoms with Crippen LogP contribution in [0.1, 0.15) is 40.2 Å². The Hall–Kier alpha value is -3.69. The monoisotopic (exact) mass is 719 g/mol. The number of amides is 3. The highest BCUT2D eigenvalue weighted by atomic mass is 35.5. The van der Waals surface area contributed by atoms with Crippen LogP contribution < -0.4 is 16.0 Å². The van der Waals surface area contributed by atoms with Gasteiger partial charge in [-0.05, 0) is 48.0 Å². The second-order valence-electron chi connectivity index (χ2n) is 9.95. The molecule has 6 nitrogen and oxygen atoms in total. The van der Waals surface area contributed by atoms with E-state index in [9.17, 15) is 53.9 Å². The number of halogens is 12. The zero-order chi connectivity index (χ0) is 34.4. The summed E-state index contributed by atoms with van der Waals surface area (Å²) in [6, 6.07) is 6.85. The van der Waals surface area contributed by atoms with Crippen molar-refractivity contribution < 1.29 is 53.9 Å². The second kappa shape index (κ2) is 12.8. The van der Waals surface area contributed by atoms with E-state index in [-0.39, 0.29) is 21.8 Å².